The predicted octanol–water partition coefficient (Wildman–Crippen LogP) is 4.65. The van der Waals surface area contributed by atoms with Crippen molar-refractivity contribution in [3.8, 4) is 5.75 Å². The number of phenolic OH excluding ortho intramolecular Hbond substituents is 1. The summed E-state index contributed by atoms with van der Waals surface area (Å²) in [5.74, 6) is 0.00126. The van der Waals surface area contributed by atoms with Crippen LogP contribution in [0.15, 0.2) is 60.5 Å². The van der Waals surface area contributed by atoms with E-state index in [1.54, 1.807) is 24.3 Å². The number of anilines is 1. The summed E-state index contributed by atoms with van der Waals surface area (Å²) in [5, 5.41) is 9.61. The summed E-state index contributed by atoms with van der Waals surface area (Å²) in [7, 11) is -3.71. The highest BCUT2D eigenvalue weighted by molar-refractivity contribution is 7.89. The molecule has 2 aliphatic rings. The van der Waals surface area contributed by atoms with Crippen molar-refractivity contribution in [2.45, 2.75) is 38.4 Å². The van der Waals surface area contributed by atoms with Crippen molar-refractivity contribution in [3.63, 3.8) is 0 Å². The number of Topliss-reactive ketones (excluding diaryl/α,β-unsaturated/α-hetero) is 1. The molecule has 222 valence electrons. The number of nitrogens with zero attached hydrogens (tertiary/aromatic N) is 3. The van der Waals surface area contributed by atoms with Crippen LogP contribution in [-0.2, 0) is 19.5 Å². The first kappa shape index (κ1) is 33.7. The minimum Gasteiger partial charge on any atom is -0.508 e. The average Bonchev–Trinajstić information content (AvgIpc) is 2.94. The number of benzene rings is 2. The number of hydrogen-bond acceptors (Lipinski definition) is 8. The van der Waals surface area contributed by atoms with E-state index in [0.29, 0.717) is 13.0 Å². The SMILES string of the molecule is C=C.CCOC(C)OCC.O=C1CN(CCCN2CCN(c3ccc(O)cc3)CC2)S(=O)(=O)c2cccc(Cl)c21. The van der Waals surface area contributed by atoms with Gasteiger partial charge in [0.05, 0.1) is 22.0 Å². The fraction of sp³-hybridized carbons (Fsp3) is 0.483. The van der Waals surface area contributed by atoms with Crippen LogP contribution in [0.2, 0.25) is 5.02 Å². The van der Waals surface area contributed by atoms with E-state index in [2.05, 4.69) is 23.0 Å². The number of halogens is 1. The molecule has 0 radical (unpaired) electrons. The van der Waals surface area contributed by atoms with Crippen LogP contribution in [0.3, 0.4) is 0 Å². The summed E-state index contributed by atoms with van der Waals surface area (Å²) in [6.07, 6.45) is 0.617. The van der Waals surface area contributed by atoms with E-state index in [1.807, 2.05) is 32.9 Å². The van der Waals surface area contributed by atoms with Gasteiger partial charge in [-0.25, -0.2) is 8.42 Å². The van der Waals surface area contributed by atoms with Gasteiger partial charge in [-0.1, -0.05) is 17.7 Å². The van der Waals surface area contributed by atoms with Gasteiger partial charge in [-0.3, -0.25) is 9.69 Å². The zero-order chi connectivity index (χ0) is 29.7. The molecule has 1 fully saturated rings. The Morgan fingerprint density at radius 2 is 1.57 bits per heavy atom. The zero-order valence-corrected chi connectivity index (χ0v) is 25.3. The van der Waals surface area contributed by atoms with Gasteiger partial charge in [0.2, 0.25) is 10.0 Å². The fourth-order valence-electron chi connectivity index (χ4n) is 4.53. The van der Waals surface area contributed by atoms with Gasteiger partial charge in [0.25, 0.3) is 0 Å². The van der Waals surface area contributed by atoms with Gasteiger partial charge in [0, 0.05) is 51.6 Å². The number of piperazine rings is 1. The molecule has 0 atom stereocenters. The summed E-state index contributed by atoms with van der Waals surface area (Å²) in [6, 6.07) is 11.7. The number of carbonyl (C=O) groups excluding carboxylic acids is 1. The lowest BCUT2D eigenvalue weighted by Crippen LogP contribution is -2.47. The van der Waals surface area contributed by atoms with Gasteiger partial charge >= 0.3 is 0 Å². The van der Waals surface area contributed by atoms with Gasteiger partial charge in [0.1, 0.15) is 5.75 Å². The third kappa shape index (κ3) is 9.29. The van der Waals surface area contributed by atoms with Crippen molar-refractivity contribution in [3.05, 3.63) is 66.2 Å². The Balaban J connectivity index is 0.000000484. The number of sulfonamides is 1. The molecular formula is C29H42ClN3O6S. The van der Waals surface area contributed by atoms with Crippen molar-refractivity contribution in [1.82, 2.24) is 9.21 Å². The number of carbonyl (C=O) groups is 1. The molecule has 2 aromatic carbocycles. The molecule has 0 amide bonds. The fourth-order valence-corrected chi connectivity index (χ4v) is 6.54. The van der Waals surface area contributed by atoms with Crippen LogP contribution >= 0.6 is 11.6 Å². The molecule has 0 aromatic heterocycles. The van der Waals surface area contributed by atoms with Gasteiger partial charge in [-0.15, -0.1) is 13.2 Å². The quantitative estimate of drug-likeness (QED) is 0.330. The lowest BCUT2D eigenvalue weighted by Gasteiger charge is -2.36. The molecule has 9 nitrogen and oxygen atoms in total. The van der Waals surface area contributed by atoms with Gasteiger partial charge in [0.15, 0.2) is 12.1 Å². The Hall–Kier alpha value is -2.47. The second-order valence-electron chi connectivity index (χ2n) is 9.05. The number of ketones is 1. The second kappa shape index (κ2) is 16.7. The van der Waals surface area contributed by atoms with Crippen LogP contribution in [0.4, 0.5) is 5.69 Å². The standard InChI is InChI=1S/C21H24ClN3O4S.C6H14O2.C2H4/c22-18-3-1-4-20-21(18)19(27)15-25(30(20,28)29)10-2-9-23-11-13-24(14-12-23)16-5-7-17(26)8-6-16;1-4-7-6(3)8-5-2;1-2/h1,3-8,26H,2,9-15H2;6H,4-5H2,1-3H3;1-2H2. The van der Waals surface area contributed by atoms with Crippen molar-refractivity contribution in [2.24, 2.45) is 0 Å². The molecule has 0 spiro atoms. The van der Waals surface area contributed by atoms with Crippen molar-refractivity contribution < 1.29 is 27.8 Å². The Kier molecular flexibility index (Phi) is 14.1. The number of ether oxygens (including phenoxy) is 2. The van der Waals surface area contributed by atoms with Crippen molar-refractivity contribution in [2.75, 3.05) is 63.9 Å². The van der Waals surface area contributed by atoms with E-state index in [4.69, 9.17) is 21.1 Å². The highest BCUT2D eigenvalue weighted by atomic mass is 35.5. The summed E-state index contributed by atoms with van der Waals surface area (Å²) >= 11 is 6.05. The first-order valence-electron chi connectivity index (χ1n) is 13.5. The van der Waals surface area contributed by atoms with Crippen LogP contribution in [0.5, 0.6) is 5.75 Å². The van der Waals surface area contributed by atoms with Gasteiger partial charge in [-0.05, 0) is 70.1 Å². The third-order valence-corrected chi connectivity index (χ3v) is 8.67. The van der Waals surface area contributed by atoms with Crippen LogP contribution in [0.1, 0.15) is 37.6 Å². The zero-order valence-electron chi connectivity index (χ0n) is 23.7. The molecule has 0 bridgehead atoms. The Labute approximate surface area is 244 Å². The smallest absolute Gasteiger partial charge is 0.244 e. The summed E-state index contributed by atoms with van der Waals surface area (Å²) in [6.45, 7) is 17.7. The summed E-state index contributed by atoms with van der Waals surface area (Å²) in [4.78, 5) is 17.0. The molecule has 1 N–H and O–H groups in total. The van der Waals surface area contributed by atoms with Crippen molar-refractivity contribution >= 4 is 33.1 Å². The van der Waals surface area contributed by atoms with E-state index in [9.17, 15) is 18.3 Å². The van der Waals surface area contributed by atoms with Crippen LogP contribution in [-0.4, -0.2) is 93.8 Å². The molecule has 2 heterocycles. The van der Waals surface area contributed by atoms with E-state index in [1.165, 1.54) is 10.4 Å². The minimum absolute atomic E-state index is 0.00811. The number of rotatable bonds is 9. The maximum Gasteiger partial charge on any atom is 0.244 e. The molecule has 2 aliphatic heterocycles. The first-order valence-corrected chi connectivity index (χ1v) is 15.3. The normalized spacial score (nSPS) is 16.9. The van der Waals surface area contributed by atoms with E-state index in [-0.39, 0.29) is 39.8 Å². The summed E-state index contributed by atoms with van der Waals surface area (Å²) < 4.78 is 37.2. The monoisotopic (exact) mass is 595 g/mol. The Morgan fingerprint density at radius 1 is 0.975 bits per heavy atom. The van der Waals surface area contributed by atoms with Crippen LogP contribution in [0.25, 0.3) is 0 Å². The molecule has 0 unspecified atom stereocenters. The largest absolute Gasteiger partial charge is 0.508 e. The van der Waals surface area contributed by atoms with E-state index in [0.717, 1.165) is 51.6 Å². The van der Waals surface area contributed by atoms with Gasteiger partial charge in [-0.2, -0.15) is 4.31 Å². The Morgan fingerprint density at radius 3 is 2.15 bits per heavy atom. The average molecular weight is 596 g/mol. The molecule has 11 heteroatoms. The molecule has 2 aromatic rings. The minimum atomic E-state index is -3.71. The molecule has 4 rings (SSSR count). The first-order chi connectivity index (χ1) is 19.2. The topological polar surface area (TPSA) is 99.6 Å². The predicted molar refractivity (Wildman–Crippen MR) is 160 cm³/mol. The molecule has 0 aliphatic carbocycles. The number of hydrogen-bond donors (Lipinski definition) is 1. The Bertz CT molecular complexity index is 1160. The highest BCUT2D eigenvalue weighted by Crippen LogP contribution is 2.31. The van der Waals surface area contributed by atoms with Crippen LogP contribution < -0.4 is 4.90 Å². The summed E-state index contributed by atoms with van der Waals surface area (Å²) in [5.41, 5.74) is 1.20. The second-order valence-corrected chi connectivity index (χ2v) is 11.4. The van der Waals surface area contributed by atoms with Crippen LogP contribution in [0, 0.1) is 0 Å². The molecule has 0 saturated carbocycles. The molecular weight excluding hydrogens is 554 g/mol. The van der Waals surface area contributed by atoms with E-state index >= 15 is 0 Å². The lowest BCUT2D eigenvalue weighted by atomic mass is 10.1. The number of phenols is 1. The van der Waals surface area contributed by atoms with Gasteiger partial charge < -0.3 is 19.5 Å². The van der Waals surface area contributed by atoms with Crippen molar-refractivity contribution in [1.29, 1.82) is 0 Å². The molecule has 40 heavy (non-hydrogen) atoms. The maximum atomic E-state index is 12.9. The van der Waals surface area contributed by atoms with E-state index < -0.39 is 10.0 Å². The maximum absolute atomic E-state index is 12.9. The highest BCUT2D eigenvalue weighted by Gasteiger charge is 2.37. The third-order valence-electron chi connectivity index (χ3n) is 6.46. The lowest BCUT2D eigenvalue weighted by molar-refractivity contribution is -0.123. The number of fused-ring (bicyclic) bond motifs is 1. The number of aromatic hydroxyl groups is 1. The molecule has 1 saturated heterocycles.